The van der Waals surface area contributed by atoms with Crippen molar-refractivity contribution in [2.45, 2.75) is 57.6 Å². The third-order valence-corrected chi connectivity index (χ3v) is 5.69. The fraction of sp³-hybridized carbons (Fsp3) is 0.417. The number of tetrazole rings is 1. The minimum absolute atomic E-state index is 0.137. The van der Waals surface area contributed by atoms with Gasteiger partial charge in [0, 0.05) is 17.5 Å². The van der Waals surface area contributed by atoms with E-state index in [4.69, 9.17) is 15.2 Å². The fourth-order valence-electron chi connectivity index (χ4n) is 3.92. The lowest BCUT2D eigenvalue weighted by molar-refractivity contribution is 0.0873. The van der Waals surface area contributed by atoms with Crippen LogP contribution >= 0.6 is 0 Å². The lowest BCUT2D eigenvalue weighted by Gasteiger charge is -2.19. The molecule has 0 spiro atoms. The van der Waals surface area contributed by atoms with Crippen LogP contribution in [0.15, 0.2) is 42.5 Å². The molecule has 1 unspecified atom stereocenters. The molecule has 1 aliphatic heterocycles. The first-order valence-electron chi connectivity index (χ1n) is 11.2. The summed E-state index contributed by atoms with van der Waals surface area (Å²) in [7, 11) is 0. The first-order valence-corrected chi connectivity index (χ1v) is 11.2. The zero-order valence-corrected chi connectivity index (χ0v) is 18.3. The Balaban J connectivity index is 1.38. The maximum atomic E-state index is 13.2. The van der Waals surface area contributed by atoms with Gasteiger partial charge in [0.25, 0.3) is 0 Å². The normalized spacial score (nSPS) is 17.1. The maximum Gasteiger partial charge on any atom is 0.233 e. The van der Waals surface area contributed by atoms with Crippen molar-refractivity contribution in [3.8, 4) is 11.5 Å². The van der Waals surface area contributed by atoms with Crippen molar-refractivity contribution in [1.82, 2.24) is 20.6 Å². The van der Waals surface area contributed by atoms with Crippen LogP contribution in [0.4, 0.5) is 0 Å². The van der Waals surface area contributed by atoms with Gasteiger partial charge in [-0.1, -0.05) is 51.2 Å². The molecule has 0 amide bonds. The number of nitrogens with one attached hydrogen (secondary N) is 1. The number of hydrogen-bond acceptors (Lipinski definition) is 7. The number of carbonyl (C=O) groups is 1. The molecule has 168 valence electrons. The second-order valence-electron chi connectivity index (χ2n) is 8.17. The van der Waals surface area contributed by atoms with Crippen LogP contribution < -0.4 is 15.2 Å². The molecule has 2 aromatic carbocycles. The average molecular weight is 436 g/mol. The van der Waals surface area contributed by atoms with E-state index in [1.165, 1.54) is 32.1 Å². The molecule has 1 aliphatic rings. The van der Waals surface area contributed by atoms with Crippen molar-refractivity contribution in [3.05, 3.63) is 65.0 Å². The topological polar surface area (TPSA) is 116 Å². The van der Waals surface area contributed by atoms with Crippen LogP contribution in [0.5, 0.6) is 11.5 Å². The average Bonchev–Trinajstić information content (AvgIpc) is 3.46. The van der Waals surface area contributed by atoms with Crippen LogP contribution in [0.1, 0.15) is 72.8 Å². The highest BCUT2D eigenvalue weighted by molar-refractivity contribution is 6.11. The van der Waals surface area contributed by atoms with Crippen molar-refractivity contribution in [2.24, 2.45) is 5.73 Å². The van der Waals surface area contributed by atoms with Crippen molar-refractivity contribution in [1.29, 1.82) is 0 Å². The Labute approximate surface area is 187 Å². The Morgan fingerprint density at radius 1 is 1.12 bits per heavy atom. The number of rotatable bonds is 11. The standard InChI is InChI=1S/C24H29N5O3/c1-2-3-4-5-6-7-15-31-19-13-11-17(12-14-19)21(30)20-10-8-9-18-16-24(25,32-22(18)20)23-26-28-29-27-23/h8-14H,2-7,15-16,25H2,1H3,(H,26,27,28,29). The summed E-state index contributed by atoms with van der Waals surface area (Å²) < 4.78 is 11.8. The Morgan fingerprint density at radius 3 is 2.66 bits per heavy atom. The van der Waals surface area contributed by atoms with Crippen LogP contribution in [0.3, 0.4) is 0 Å². The zero-order chi connectivity index (χ0) is 22.4. The van der Waals surface area contributed by atoms with E-state index in [1.807, 2.05) is 24.3 Å². The number of nitrogens with two attached hydrogens (primary N) is 1. The number of hydrogen-bond donors (Lipinski definition) is 2. The highest BCUT2D eigenvalue weighted by Gasteiger charge is 2.42. The van der Waals surface area contributed by atoms with E-state index in [0.29, 0.717) is 29.9 Å². The van der Waals surface area contributed by atoms with Crippen LogP contribution in [0.2, 0.25) is 0 Å². The molecule has 0 radical (unpaired) electrons. The number of benzene rings is 2. The number of aromatic nitrogens is 4. The molecule has 8 heteroatoms. The van der Waals surface area contributed by atoms with Crippen molar-refractivity contribution < 1.29 is 14.3 Å². The fourth-order valence-corrected chi connectivity index (χ4v) is 3.92. The Kier molecular flexibility index (Phi) is 6.80. The molecule has 4 rings (SSSR count). The van der Waals surface area contributed by atoms with Gasteiger partial charge >= 0.3 is 0 Å². The molecular weight excluding hydrogens is 406 g/mol. The maximum absolute atomic E-state index is 13.2. The van der Waals surface area contributed by atoms with Gasteiger partial charge in [-0.05, 0) is 42.0 Å². The van der Waals surface area contributed by atoms with Gasteiger partial charge in [-0.15, -0.1) is 10.2 Å². The molecule has 0 fully saturated rings. The lowest BCUT2D eigenvalue weighted by Crippen LogP contribution is -2.42. The van der Waals surface area contributed by atoms with Gasteiger partial charge in [0.2, 0.25) is 11.5 Å². The molecule has 1 atom stereocenters. The van der Waals surface area contributed by atoms with Gasteiger partial charge in [-0.3, -0.25) is 10.5 Å². The smallest absolute Gasteiger partial charge is 0.233 e. The first-order chi connectivity index (χ1) is 15.6. The highest BCUT2D eigenvalue weighted by atomic mass is 16.5. The molecule has 0 aliphatic carbocycles. The second kappa shape index (κ2) is 9.91. The number of H-pyrrole nitrogens is 1. The lowest BCUT2D eigenvalue weighted by atomic mass is 9.98. The van der Waals surface area contributed by atoms with Crippen molar-refractivity contribution in [2.75, 3.05) is 6.61 Å². The van der Waals surface area contributed by atoms with Crippen LogP contribution in [-0.4, -0.2) is 33.0 Å². The van der Waals surface area contributed by atoms with Crippen molar-refractivity contribution in [3.63, 3.8) is 0 Å². The predicted octanol–water partition coefficient (Wildman–Crippen LogP) is 3.92. The van der Waals surface area contributed by atoms with E-state index in [0.717, 1.165) is 17.7 Å². The van der Waals surface area contributed by atoms with E-state index in [1.54, 1.807) is 18.2 Å². The summed E-state index contributed by atoms with van der Waals surface area (Å²) in [4.78, 5) is 13.2. The number of nitrogens with zero attached hydrogens (tertiary/aromatic N) is 3. The minimum Gasteiger partial charge on any atom is -0.494 e. The SMILES string of the molecule is CCCCCCCCOc1ccc(C(=O)c2cccc3c2OC(N)(c2nn[nH]n2)C3)cc1. The summed E-state index contributed by atoms with van der Waals surface area (Å²) >= 11 is 0. The van der Waals surface area contributed by atoms with E-state index in [2.05, 4.69) is 27.5 Å². The summed E-state index contributed by atoms with van der Waals surface area (Å²) in [6, 6.07) is 12.7. The second-order valence-corrected chi connectivity index (χ2v) is 8.17. The molecule has 0 saturated heterocycles. The van der Waals surface area contributed by atoms with Crippen molar-refractivity contribution >= 4 is 5.78 Å². The monoisotopic (exact) mass is 435 g/mol. The number of ketones is 1. The molecule has 0 saturated carbocycles. The number of para-hydroxylation sites is 1. The molecular formula is C24H29N5O3. The summed E-state index contributed by atoms with van der Waals surface area (Å²) in [5.41, 5.74) is 6.96. The molecule has 8 nitrogen and oxygen atoms in total. The summed E-state index contributed by atoms with van der Waals surface area (Å²) in [6.45, 7) is 2.91. The van der Waals surface area contributed by atoms with Gasteiger partial charge < -0.3 is 9.47 Å². The molecule has 1 aromatic heterocycles. The van der Waals surface area contributed by atoms with Crippen LogP contribution in [-0.2, 0) is 12.1 Å². The number of fused-ring (bicyclic) bond motifs is 1. The van der Waals surface area contributed by atoms with Crippen LogP contribution in [0, 0.1) is 0 Å². The summed E-state index contributed by atoms with van der Waals surface area (Å²) in [5.74, 6) is 1.34. The van der Waals surface area contributed by atoms with Gasteiger partial charge in [0.1, 0.15) is 11.5 Å². The molecule has 0 bridgehead atoms. The molecule has 2 heterocycles. The molecule has 3 aromatic rings. The first kappa shape index (κ1) is 22.0. The zero-order valence-electron chi connectivity index (χ0n) is 18.3. The number of unbranched alkanes of at least 4 members (excludes halogenated alkanes) is 5. The Bertz CT molecular complexity index is 1040. The molecule has 32 heavy (non-hydrogen) atoms. The number of aromatic amines is 1. The number of carbonyl (C=O) groups excluding carboxylic acids is 1. The van der Waals surface area contributed by atoms with E-state index in [-0.39, 0.29) is 11.6 Å². The predicted molar refractivity (Wildman–Crippen MR) is 120 cm³/mol. The van der Waals surface area contributed by atoms with Gasteiger partial charge in [0.05, 0.1) is 12.2 Å². The van der Waals surface area contributed by atoms with E-state index in [9.17, 15) is 4.79 Å². The summed E-state index contributed by atoms with van der Waals surface area (Å²) in [6.07, 6.45) is 7.68. The van der Waals surface area contributed by atoms with E-state index < -0.39 is 5.72 Å². The van der Waals surface area contributed by atoms with E-state index >= 15 is 0 Å². The third kappa shape index (κ3) is 4.80. The van der Waals surface area contributed by atoms with Gasteiger partial charge in [0.15, 0.2) is 5.78 Å². The Morgan fingerprint density at radius 2 is 1.91 bits per heavy atom. The highest BCUT2D eigenvalue weighted by Crippen LogP contribution is 2.40. The number of ether oxygens (including phenoxy) is 2. The minimum atomic E-state index is -1.25. The molecule has 3 N–H and O–H groups in total. The van der Waals surface area contributed by atoms with Crippen LogP contribution in [0.25, 0.3) is 0 Å². The largest absolute Gasteiger partial charge is 0.494 e. The Hall–Kier alpha value is -3.26. The van der Waals surface area contributed by atoms with Gasteiger partial charge in [-0.25, -0.2) is 0 Å². The van der Waals surface area contributed by atoms with Gasteiger partial charge in [-0.2, -0.15) is 5.21 Å². The quantitative estimate of drug-likeness (QED) is 0.346. The summed E-state index contributed by atoms with van der Waals surface area (Å²) in [5, 5.41) is 13.8. The third-order valence-electron chi connectivity index (χ3n) is 5.69.